The van der Waals surface area contributed by atoms with E-state index in [0.29, 0.717) is 6.04 Å². The van der Waals surface area contributed by atoms with Crippen LogP contribution in [0.25, 0.3) is 0 Å². The molecule has 0 fully saturated rings. The molecule has 1 aromatic heterocycles. The van der Waals surface area contributed by atoms with Gasteiger partial charge in [0.05, 0.1) is 5.69 Å². The van der Waals surface area contributed by atoms with E-state index in [0.717, 1.165) is 19.5 Å². The number of hydrogen-bond donors (Lipinski definition) is 1. The van der Waals surface area contributed by atoms with Gasteiger partial charge in [-0.1, -0.05) is 31.2 Å². The number of benzene rings is 1. The molecule has 2 rings (SSSR count). The highest BCUT2D eigenvalue weighted by Gasteiger charge is 2.06. The second-order valence-electron chi connectivity index (χ2n) is 4.84. The lowest BCUT2D eigenvalue weighted by Gasteiger charge is -2.15. The van der Waals surface area contributed by atoms with Crippen molar-refractivity contribution < 1.29 is 0 Å². The number of aromatic nitrogens is 2. The van der Waals surface area contributed by atoms with E-state index in [4.69, 9.17) is 0 Å². The van der Waals surface area contributed by atoms with E-state index >= 15 is 0 Å². The lowest BCUT2D eigenvalue weighted by molar-refractivity contribution is 0.531. The van der Waals surface area contributed by atoms with Crippen molar-refractivity contribution in [2.24, 2.45) is 0 Å². The first kappa shape index (κ1) is 13.8. The minimum Gasteiger partial charge on any atom is -0.305 e. The first-order valence-corrected chi connectivity index (χ1v) is 7.07. The van der Waals surface area contributed by atoms with E-state index in [1.807, 2.05) is 10.9 Å². The van der Waals surface area contributed by atoms with Gasteiger partial charge in [-0.05, 0) is 37.5 Å². The molecule has 1 heterocycles. The van der Waals surface area contributed by atoms with Crippen LogP contribution in [0.2, 0.25) is 0 Å². The molecule has 0 bridgehead atoms. The molecule has 0 aliphatic heterocycles. The summed E-state index contributed by atoms with van der Waals surface area (Å²) in [5, 5.41) is 7.84. The number of aryl methyl sites for hydroxylation is 2. The second kappa shape index (κ2) is 6.53. The maximum Gasteiger partial charge on any atom is 0.0522 e. The fraction of sp³-hybridized carbons (Fsp3) is 0.438. The molecule has 1 aromatic carbocycles. The molecule has 19 heavy (non-hydrogen) atoms. The Morgan fingerprint density at radius 2 is 1.89 bits per heavy atom. The molecule has 1 unspecified atom stereocenters. The van der Waals surface area contributed by atoms with E-state index < -0.39 is 0 Å². The molecule has 0 saturated carbocycles. The molecule has 0 saturated heterocycles. The maximum absolute atomic E-state index is 4.28. The van der Waals surface area contributed by atoms with Crippen molar-refractivity contribution >= 4 is 0 Å². The van der Waals surface area contributed by atoms with Gasteiger partial charge < -0.3 is 5.32 Å². The van der Waals surface area contributed by atoms with Crippen LogP contribution in [0.5, 0.6) is 0 Å². The molecular weight excluding hydrogens is 234 g/mol. The van der Waals surface area contributed by atoms with Crippen LogP contribution >= 0.6 is 0 Å². The van der Waals surface area contributed by atoms with Gasteiger partial charge in [0.2, 0.25) is 0 Å². The van der Waals surface area contributed by atoms with Crippen LogP contribution in [0, 0.1) is 0 Å². The van der Waals surface area contributed by atoms with Gasteiger partial charge in [0, 0.05) is 25.3 Å². The summed E-state index contributed by atoms with van der Waals surface area (Å²) in [4.78, 5) is 0. The summed E-state index contributed by atoms with van der Waals surface area (Å²) in [5.41, 5.74) is 3.96. The van der Waals surface area contributed by atoms with Gasteiger partial charge in [0.25, 0.3) is 0 Å². The summed E-state index contributed by atoms with van der Waals surface area (Å²) >= 11 is 0. The van der Waals surface area contributed by atoms with Crippen molar-refractivity contribution in [1.82, 2.24) is 15.1 Å². The van der Waals surface area contributed by atoms with Gasteiger partial charge in [0.15, 0.2) is 0 Å². The van der Waals surface area contributed by atoms with Crippen LogP contribution in [0.1, 0.15) is 43.6 Å². The zero-order chi connectivity index (χ0) is 13.7. The first-order valence-electron chi connectivity index (χ1n) is 7.07. The highest BCUT2D eigenvalue weighted by Crippen LogP contribution is 2.14. The molecule has 102 valence electrons. The van der Waals surface area contributed by atoms with Crippen molar-refractivity contribution in [3.8, 4) is 0 Å². The predicted octanol–water partition coefficient (Wildman–Crippen LogP) is 3.32. The Morgan fingerprint density at radius 3 is 2.53 bits per heavy atom. The van der Waals surface area contributed by atoms with Crippen molar-refractivity contribution in [2.75, 3.05) is 0 Å². The Balaban J connectivity index is 1.95. The van der Waals surface area contributed by atoms with Gasteiger partial charge in [-0.15, -0.1) is 0 Å². The Hall–Kier alpha value is -1.61. The van der Waals surface area contributed by atoms with Crippen LogP contribution in [-0.4, -0.2) is 9.78 Å². The third-order valence-corrected chi connectivity index (χ3v) is 3.58. The summed E-state index contributed by atoms with van der Waals surface area (Å²) < 4.78 is 2.03. The van der Waals surface area contributed by atoms with Crippen molar-refractivity contribution in [1.29, 1.82) is 0 Å². The Labute approximate surface area is 115 Å². The molecule has 3 heteroatoms. The highest BCUT2D eigenvalue weighted by atomic mass is 15.3. The van der Waals surface area contributed by atoms with Crippen LogP contribution in [0.4, 0.5) is 0 Å². The fourth-order valence-electron chi connectivity index (χ4n) is 2.21. The molecule has 3 nitrogen and oxygen atoms in total. The normalized spacial score (nSPS) is 12.6. The third-order valence-electron chi connectivity index (χ3n) is 3.58. The average molecular weight is 257 g/mol. The standard InChI is InChI=1S/C16H23N3/c1-4-14-6-8-15(9-7-14)13(3)17-12-16-10-11-18-19(16)5-2/h6-11,13,17H,4-5,12H2,1-3H3. The van der Waals surface area contributed by atoms with Crippen molar-refractivity contribution in [3.05, 3.63) is 53.3 Å². The lowest BCUT2D eigenvalue weighted by Crippen LogP contribution is -2.20. The lowest BCUT2D eigenvalue weighted by atomic mass is 10.0. The molecule has 0 aliphatic carbocycles. The Morgan fingerprint density at radius 1 is 1.16 bits per heavy atom. The van der Waals surface area contributed by atoms with Crippen LogP contribution < -0.4 is 5.32 Å². The Bertz CT molecular complexity index is 499. The monoisotopic (exact) mass is 257 g/mol. The first-order chi connectivity index (χ1) is 9.24. The summed E-state index contributed by atoms with van der Waals surface area (Å²) in [6.07, 6.45) is 2.96. The summed E-state index contributed by atoms with van der Waals surface area (Å²) in [7, 11) is 0. The summed E-state index contributed by atoms with van der Waals surface area (Å²) in [6.45, 7) is 8.27. The zero-order valence-corrected chi connectivity index (χ0v) is 12.1. The second-order valence-corrected chi connectivity index (χ2v) is 4.84. The average Bonchev–Trinajstić information content (AvgIpc) is 2.92. The van der Waals surface area contributed by atoms with E-state index in [2.05, 4.69) is 61.5 Å². The number of nitrogens with one attached hydrogen (secondary N) is 1. The Kier molecular flexibility index (Phi) is 4.74. The van der Waals surface area contributed by atoms with Crippen LogP contribution in [0.15, 0.2) is 36.5 Å². The fourth-order valence-corrected chi connectivity index (χ4v) is 2.21. The SMILES string of the molecule is CCc1ccc(C(C)NCc2ccnn2CC)cc1. The molecule has 2 aromatic rings. The molecule has 0 spiro atoms. The molecule has 0 aliphatic rings. The zero-order valence-electron chi connectivity index (χ0n) is 12.1. The third kappa shape index (κ3) is 3.44. The van der Waals surface area contributed by atoms with E-state index in [1.165, 1.54) is 16.8 Å². The predicted molar refractivity (Wildman–Crippen MR) is 79.0 cm³/mol. The van der Waals surface area contributed by atoms with E-state index in [1.54, 1.807) is 0 Å². The topological polar surface area (TPSA) is 29.9 Å². The summed E-state index contributed by atoms with van der Waals surface area (Å²) in [5.74, 6) is 0. The van der Waals surface area contributed by atoms with Gasteiger partial charge in [-0.2, -0.15) is 5.10 Å². The van der Waals surface area contributed by atoms with Gasteiger partial charge >= 0.3 is 0 Å². The minimum atomic E-state index is 0.353. The highest BCUT2D eigenvalue weighted by molar-refractivity contribution is 5.24. The molecule has 0 amide bonds. The largest absolute Gasteiger partial charge is 0.305 e. The number of hydrogen-bond acceptors (Lipinski definition) is 2. The molecule has 1 atom stereocenters. The van der Waals surface area contributed by atoms with E-state index in [9.17, 15) is 0 Å². The molecular formula is C16H23N3. The quantitative estimate of drug-likeness (QED) is 0.860. The summed E-state index contributed by atoms with van der Waals surface area (Å²) in [6, 6.07) is 11.3. The van der Waals surface area contributed by atoms with Crippen LogP contribution in [0.3, 0.4) is 0 Å². The molecule has 0 radical (unpaired) electrons. The van der Waals surface area contributed by atoms with Crippen molar-refractivity contribution in [3.63, 3.8) is 0 Å². The number of nitrogens with zero attached hydrogens (tertiary/aromatic N) is 2. The van der Waals surface area contributed by atoms with Gasteiger partial charge in [0.1, 0.15) is 0 Å². The molecule has 1 N–H and O–H groups in total. The van der Waals surface area contributed by atoms with Gasteiger partial charge in [-0.3, -0.25) is 4.68 Å². The minimum absolute atomic E-state index is 0.353. The van der Waals surface area contributed by atoms with Crippen LogP contribution in [-0.2, 0) is 19.5 Å². The smallest absolute Gasteiger partial charge is 0.0522 e. The van der Waals surface area contributed by atoms with E-state index in [-0.39, 0.29) is 0 Å². The van der Waals surface area contributed by atoms with Gasteiger partial charge in [-0.25, -0.2) is 0 Å². The number of rotatable bonds is 6. The van der Waals surface area contributed by atoms with Crippen molar-refractivity contribution in [2.45, 2.75) is 46.3 Å². The maximum atomic E-state index is 4.28.